The standard InChI is InChI=1S/C14H19N3/c1-3-9-17(10-12-6-7-12)14-13(11(2)15)5-4-8-16-14/h1,4-5,8,11-12H,6-7,9-10,15H2,2H3/t11-/m1/s1. The van der Waals surface area contributed by atoms with Gasteiger partial charge in [-0.15, -0.1) is 6.42 Å². The van der Waals surface area contributed by atoms with E-state index in [9.17, 15) is 0 Å². The van der Waals surface area contributed by atoms with Crippen LogP contribution in [0.5, 0.6) is 0 Å². The van der Waals surface area contributed by atoms with E-state index in [2.05, 4.69) is 15.8 Å². The van der Waals surface area contributed by atoms with E-state index in [1.54, 1.807) is 6.20 Å². The molecule has 2 N–H and O–H groups in total. The van der Waals surface area contributed by atoms with Crippen molar-refractivity contribution in [1.29, 1.82) is 0 Å². The van der Waals surface area contributed by atoms with Gasteiger partial charge < -0.3 is 10.6 Å². The number of terminal acetylenes is 1. The van der Waals surface area contributed by atoms with Gasteiger partial charge in [0.2, 0.25) is 0 Å². The summed E-state index contributed by atoms with van der Waals surface area (Å²) in [5, 5.41) is 0. The first-order valence-corrected chi connectivity index (χ1v) is 6.11. The van der Waals surface area contributed by atoms with Gasteiger partial charge in [0.1, 0.15) is 5.82 Å². The van der Waals surface area contributed by atoms with Gasteiger partial charge in [0.05, 0.1) is 6.54 Å². The van der Waals surface area contributed by atoms with Gasteiger partial charge in [0.15, 0.2) is 0 Å². The molecule has 0 radical (unpaired) electrons. The molecule has 1 atom stereocenters. The van der Waals surface area contributed by atoms with Crippen LogP contribution in [-0.4, -0.2) is 18.1 Å². The van der Waals surface area contributed by atoms with Gasteiger partial charge in [-0.1, -0.05) is 12.0 Å². The molecule has 0 aromatic carbocycles. The van der Waals surface area contributed by atoms with Crippen molar-refractivity contribution >= 4 is 5.82 Å². The van der Waals surface area contributed by atoms with Crippen LogP contribution in [0.2, 0.25) is 0 Å². The molecular formula is C14H19N3. The number of aromatic nitrogens is 1. The second kappa shape index (κ2) is 5.20. The zero-order valence-corrected chi connectivity index (χ0v) is 10.3. The summed E-state index contributed by atoms with van der Waals surface area (Å²) in [6.45, 7) is 3.58. The Labute approximate surface area is 103 Å². The number of anilines is 1. The highest BCUT2D eigenvalue weighted by Crippen LogP contribution is 2.32. The van der Waals surface area contributed by atoms with Crippen LogP contribution in [0, 0.1) is 18.3 Å². The number of hydrogen-bond donors (Lipinski definition) is 1. The molecule has 1 fully saturated rings. The number of hydrogen-bond acceptors (Lipinski definition) is 3. The van der Waals surface area contributed by atoms with Crippen molar-refractivity contribution in [3.05, 3.63) is 23.9 Å². The molecule has 0 amide bonds. The maximum absolute atomic E-state index is 5.98. The topological polar surface area (TPSA) is 42.2 Å². The molecule has 1 aromatic heterocycles. The van der Waals surface area contributed by atoms with Crippen LogP contribution < -0.4 is 10.6 Å². The second-order valence-corrected chi connectivity index (χ2v) is 4.73. The molecule has 0 spiro atoms. The average Bonchev–Trinajstić information content (AvgIpc) is 3.12. The van der Waals surface area contributed by atoms with Crippen LogP contribution in [0.4, 0.5) is 5.82 Å². The molecule has 0 aliphatic heterocycles. The molecule has 0 unspecified atom stereocenters. The fraction of sp³-hybridized carbons (Fsp3) is 0.500. The molecule has 0 bridgehead atoms. The van der Waals surface area contributed by atoms with Crippen molar-refractivity contribution in [2.24, 2.45) is 11.7 Å². The third-order valence-electron chi connectivity index (χ3n) is 3.06. The fourth-order valence-electron chi connectivity index (χ4n) is 1.98. The predicted octanol–water partition coefficient (Wildman–Crippen LogP) is 1.95. The average molecular weight is 229 g/mol. The SMILES string of the molecule is C#CCN(CC1CC1)c1ncccc1[C@@H](C)N. The van der Waals surface area contributed by atoms with Crippen molar-refractivity contribution in [3.63, 3.8) is 0 Å². The molecule has 1 aromatic rings. The molecular weight excluding hydrogens is 210 g/mol. The highest BCUT2D eigenvalue weighted by atomic mass is 15.2. The Hall–Kier alpha value is -1.53. The minimum absolute atomic E-state index is 0.0156. The lowest BCUT2D eigenvalue weighted by Gasteiger charge is -2.24. The Morgan fingerprint density at radius 1 is 1.65 bits per heavy atom. The van der Waals surface area contributed by atoms with E-state index in [0.29, 0.717) is 6.54 Å². The molecule has 1 heterocycles. The first-order chi connectivity index (χ1) is 8.22. The van der Waals surface area contributed by atoms with Gasteiger partial charge in [0.25, 0.3) is 0 Å². The van der Waals surface area contributed by atoms with E-state index in [-0.39, 0.29) is 6.04 Å². The minimum Gasteiger partial charge on any atom is -0.345 e. The molecule has 1 saturated carbocycles. The van der Waals surface area contributed by atoms with Gasteiger partial charge in [-0.3, -0.25) is 0 Å². The Balaban J connectivity index is 2.24. The van der Waals surface area contributed by atoms with Gasteiger partial charge in [-0.25, -0.2) is 4.98 Å². The molecule has 2 rings (SSSR count). The largest absolute Gasteiger partial charge is 0.345 e. The molecule has 90 valence electrons. The zero-order chi connectivity index (χ0) is 12.3. The smallest absolute Gasteiger partial charge is 0.134 e. The van der Waals surface area contributed by atoms with Gasteiger partial charge in [-0.2, -0.15) is 0 Å². The van der Waals surface area contributed by atoms with E-state index >= 15 is 0 Å². The summed E-state index contributed by atoms with van der Waals surface area (Å²) in [7, 11) is 0. The van der Waals surface area contributed by atoms with Crippen molar-refractivity contribution in [3.8, 4) is 12.3 Å². The molecule has 0 saturated heterocycles. The highest BCUT2D eigenvalue weighted by Gasteiger charge is 2.25. The first kappa shape index (κ1) is 11.9. The van der Waals surface area contributed by atoms with Crippen LogP contribution in [0.3, 0.4) is 0 Å². The van der Waals surface area contributed by atoms with Crippen LogP contribution in [-0.2, 0) is 0 Å². The number of pyridine rings is 1. The normalized spacial score (nSPS) is 16.3. The summed E-state index contributed by atoms with van der Waals surface area (Å²) < 4.78 is 0. The van der Waals surface area contributed by atoms with Crippen molar-refractivity contribution in [2.75, 3.05) is 18.0 Å². The Morgan fingerprint density at radius 3 is 3.00 bits per heavy atom. The molecule has 1 aliphatic carbocycles. The summed E-state index contributed by atoms with van der Waals surface area (Å²) in [4.78, 5) is 6.63. The predicted molar refractivity (Wildman–Crippen MR) is 70.6 cm³/mol. The number of nitrogens with two attached hydrogens (primary N) is 1. The second-order valence-electron chi connectivity index (χ2n) is 4.73. The highest BCUT2D eigenvalue weighted by molar-refractivity contribution is 5.49. The lowest BCUT2D eigenvalue weighted by molar-refractivity contribution is 0.732. The van der Waals surface area contributed by atoms with Crippen molar-refractivity contribution in [2.45, 2.75) is 25.8 Å². The van der Waals surface area contributed by atoms with E-state index in [1.165, 1.54) is 12.8 Å². The van der Waals surface area contributed by atoms with E-state index < -0.39 is 0 Å². The lowest BCUT2D eigenvalue weighted by atomic mass is 10.1. The quantitative estimate of drug-likeness (QED) is 0.785. The minimum atomic E-state index is -0.0156. The molecule has 1 aliphatic rings. The first-order valence-electron chi connectivity index (χ1n) is 6.11. The Bertz CT molecular complexity index is 416. The van der Waals surface area contributed by atoms with Crippen LogP contribution >= 0.6 is 0 Å². The van der Waals surface area contributed by atoms with Crippen molar-refractivity contribution < 1.29 is 0 Å². The van der Waals surface area contributed by atoms with E-state index in [4.69, 9.17) is 12.2 Å². The number of rotatable bonds is 5. The molecule has 3 heteroatoms. The Kier molecular flexibility index (Phi) is 3.65. The zero-order valence-electron chi connectivity index (χ0n) is 10.3. The van der Waals surface area contributed by atoms with Crippen LogP contribution in [0.1, 0.15) is 31.4 Å². The van der Waals surface area contributed by atoms with Crippen LogP contribution in [0.25, 0.3) is 0 Å². The van der Waals surface area contributed by atoms with E-state index in [0.717, 1.165) is 23.8 Å². The van der Waals surface area contributed by atoms with Crippen LogP contribution in [0.15, 0.2) is 18.3 Å². The molecule has 3 nitrogen and oxygen atoms in total. The lowest BCUT2D eigenvalue weighted by Crippen LogP contribution is -2.29. The Morgan fingerprint density at radius 2 is 2.41 bits per heavy atom. The maximum atomic E-state index is 5.98. The van der Waals surface area contributed by atoms with Gasteiger partial charge in [-0.05, 0) is 31.7 Å². The summed E-state index contributed by atoms with van der Waals surface area (Å²) in [5.41, 5.74) is 7.05. The summed E-state index contributed by atoms with van der Waals surface area (Å²) >= 11 is 0. The monoisotopic (exact) mass is 229 g/mol. The third-order valence-corrected chi connectivity index (χ3v) is 3.06. The van der Waals surface area contributed by atoms with Gasteiger partial charge >= 0.3 is 0 Å². The van der Waals surface area contributed by atoms with Gasteiger partial charge in [0, 0.05) is 24.3 Å². The summed E-state index contributed by atoms with van der Waals surface area (Å²) in [5.74, 6) is 4.45. The fourth-order valence-corrected chi connectivity index (χ4v) is 1.98. The molecule has 17 heavy (non-hydrogen) atoms. The summed E-state index contributed by atoms with van der Waals surface area (Å²) in [6.07, 6.45) is 9.86. The third kappa shape index (κ3) is 2.98. The van der Waals surface area contributed by atoms with Crippen molar-refractivity contribution in [1.82, 2.24) is 4.98 Å². The number of nitrogens with zero attached hydrogens (tertiary/aromatic N) is 2. The maximum Gasteiger partial charge on any atom is 0.134 e. The van der Waals surface area contributed by atoms with E-state index in [1.807, 2.05) is 19.1 Å². The summed E-state index contributed by atoms with van der Waals surface area (Å²) in [6, 6.07) is 3.94.